The maximum absolute atomic E-state index is 9.23. The zero-order chi connectivity index (χ0) is 14.2. The van der Waals surface area contributed by atoms with Gasteiger partial charge in [0.15, 0.2) is 0 Å². The number of aliphatic hydroxyl groups excluding tert-OH is 1. The van der Waals surface area contributed by atoms with Crippen molar-refractivity contribution in [2.24, 2.45) is 0 Å². The first-order valence-corrected chi connectivity index (χ1v) is 6.82. The Hall–Kier alpha value is -1.84. The Kier molecular flexibility index (Phi) is 5.59. The van der Waals surface area contributed by atoms with Crippen molar-refractivity contribution in [3.05, 3.63) is 65.7 Å². The second-order valence-corrected chi connectivity index (χ2v) is 4.77. The summed E-state index contributed by atoms with van der Waals surface area (Å²) in [6.45, 7) is 2.45. The van der Waals surface area contributed by atoms with Gasteiger partial charge in [0.05, 0.1) is 13.7 Å². The van der Waals surface area contributed by atoms with E-state index in [1.165, 1.54) is 11.1 Å². The second kappa shape index (κ2) is 7.68. The molecular formula is C17H21NO2. The Morgan fingerprint density at radius 3 is 2.35 bits per heavy atom. The highest BCUT2D eigenvalue weighted by Gasteiger charge is 2.07. The van der Waals surface area contributed by atoms with Gasteiger partial charge in [0.25, 0.3) is 0 Å². The van der Waals surface area contributed by atoms with Crippen LogP contribution in [0.15, 0.2) is 54.6 Å². The lowest BCUT2D eigenvalue weighted by atomic mass is 10.1. The fraction of sp³-hybridized carbons (Fsp3) is 0.294. The maximum Gasteiger partial charge on any atom is 0.119 e. The van der Waals surface area contributed by atoms with Gasteiger partial charge in [-0.05, 0) is 23.3 Å². The summed E-state index contributed by atoms with van der Waals surface area (Å²) < 4.78 is 5.25. The molecule has 2 rings (SSSR count). The first-order valence-electron chi connectivity index (χ1n) is 6.82. The SMILES string of the molecule is COc1cccc(CN(CCO)Cc2ccccc2)c1. The Morgan fingerprint density at radius 1 is 0.950 bits per heavy atom. The molecule has 0 atom stereocenters. The summed E-state index contributed by atoms with van der Waals surface area (Å²) >= 11 is 0. The first kappa shape index (κ1) is 14.6. The third-order valence-corrected chi connectivity index (χ3v) is 3.21. The molecule has 0 radical (unpaired) electrons. The zero-order valence-electron chi connectivity index (χ0n) is 11.8. The van der Waals surface area contributed by atoms with E-state index in [1.54, 1.807) is 7.11 Å². The van der Waals surface area contributed by atoms with Crippen LogP contribution < -0.4 is 4.74 Å². The van der Waals surface area contributed by atoms with E-state index in [1.807, 2.05) is 36.4 Å². The van der Waals surface area contributed by atoms with Gasteiger partial charge in [-0.3, -0.25) is 4.90 Å². The summed E-state index contributed by atoms with van der Waals surface area (Å²) in [5, 5.41) is 9.23. The van der Waals surface area contributed by atoms with E-state index < -0.39 is 0 Å². The van der Waals surface area contributed by atoms with Crippen LogP contribution >= 0.6 is 0 Å². The van der Waals surface area contributed by atoms with E-state index in [-0.39, 0.29) is 6.61 Å². The average Bonchev–Trinajstić information content (AvgIpc) is 2.49. The monoisotopic (exact) mass is 271 g/mol. The average molecular weight is 271 g/mol. The van der Waals surface area contributed by atoms with Crippen LogP contribution in [0.2, 0.25) is 0 Å². The lowest BCUT2D eigenvalue weighted by Crippen LogP contribution is -2.26. The number of rotatable bonds is 7. The van der Waals surface area contributed by atoms with Crippen molar-refractivity contribution in [1.82, 2.24) is 4.90 Å². The summed E-state index contributed by atoms with van der Waals surface area (Å²) in [5.41, 5.74) is 2.44. The summed E-state index contributed by atoms with van der Waals surface area (Å²) in [6, 6.07) is 18.4. The van der Waals surface area contributed by atoms with Gasteiger partial charge in [-0.25, -0.2) is 0 Å². The minimum absolute atomic E-state index is 0.163. The normalized spacial score (nSPS) is 10.8. The second-order valence-electron chi connectivity index (χ2n) is 4.77. The van der Waals surface area contributed by atoms with E-state index in [0.717, 1.165) is 18.8 Å². The lowest BCUT2D eigenvalue weighted by molar-refractivity contribution is 0.184. The topological polar surface area (TPSA) is 32.7 Å². The van der Waals surface area contributed by atoms with Crippen molar-refractivity contribution in [3.8, 4) is 5.75 Å². The molecule has 0 aliphatic heterocycles. The number of methoxy groups -OCH3 is 1. The summed E-state index contributed by atoms with van der Waals surface area (Å²) in [5.74, 6) is 0.867. The Labute approximate surface area is 120 Å². The van der Waals surface area contributed by atoms with Gasteiger partial charge in [-0.1, -0.05) is 42.5 Å². The molecule has 3 heteroatoms. The molecule has 106 valence electrons. The standard InChI is InChI=1S/C17H21NO2/c1-20-17-9-5-8-16(12-17)14-18(10-11-19)13-15-6-3-2-4-7-15/h2-9,12,19H,10-11,13-14H2,1H3. The molecule has 0 saturated heterocycles. The molecule has 20 heavy (non-hydrogen) atoms. The third kappa shape index (κ3) is 4.37. The molecule has 2 aromatic rings. The van der Waals surface area contributed by atoms with Crippen LogP contribution in [0.5, 0.6) is 5.75 Å². The van der Waals surface area contributed by atoms with Gasteiger partial charge >= 0.3 is 0 Å². The quantitative estimate of drug-likeness (QED) is 0.840. The van der Waals surface area contributed by atoms with E-state index in [0.29, 0.717) is 6.54 Å². The first-order chi connectivity index (χ1) is 9.81. The van der Waals surface area contributed by atoms with Gasteiger partial charge in [-0.15, -0.1) is 0 Å². The highest BCUT2D eigenvalue weighted by Crippen LogP contribution is 2.15. The van der Waals surface area contributed by atoms with E-state index in [9.17, 15) is 5.11 Å². The highest BCUT2D eigenvalue weighted by atomic mass is 16.5. The molecule has 0 aliphatic carbocycles. The van der Waals surface area contributed by atoms with Crippen LogP contribution in [0.3, 0.4) is 0 Å². The van der Waals surface area contributed by atoms with Crippen LogP contribution in [-0.4, -0.2) is 30.3 Å². The van der Waals surface area contributed by atoms with Crippen molar-refractivity contribution in [1.29, 1.82) is 0 Å². The fourth-order valence-corrected chi connectivity index (χ4v) is 2.23. The molecule has 0 unspecified atom stereocenters. The Balaban J connectivity index is 2.04. The molecular weight excluding hydrogens is 250 g/mol. The molecule has 0 aliphatic rings. The molecule has 0 heterocycles. The van der Waals surface area contributed by atoms with Crippen LogP contribution in [0.1, 0.15) is 11.1 Å². The number of nitrogens with zero attached hydrogens (tertiary/aromatic N) is 1. The molecule has 3 nitrogen and oxygen atoms in total. The van der Waals surface area contributed by atoms with E-state index >= 15 is 0 Å². The molecule has 0 bridgehead atoms. The predicted molar refractivity (Wildman–Crippen MR) is 80.6 cm³/mol. The predicted octanol–water partition coefficient (Wildman–Crippen LogP) is 2.69. The van der Waals surface area contributed by atoms with E-state index in [4.69, 9.17) is 4.74 Å². The van der Waals surface area contributed by atoms with Crippen molar-refractivity contribution in [3.63, 3.8) is 0 Å². The van der Waals surface area contributed by atoms with E-state index in [2.05, 4.69) is 23.1 Å². The Morgan fingerprint density at radius 2 is 1.65 bits per heavy atom. The van der Waals surface area contributed by atoms with Gasteiger partial charge in [0.2, 0.25) is 0 Å². The molecule has 1 N–H and O–H groups in total. The van der Waals surface area contributed by atoms with Gasteiger partial charge in [-0.2, -0.15) is 0 Å². The fourth-order valence-electron chi connectivity index (χ4n) is 2.23. The minimum atomic E-state index is 0.163. The largest absolute Gasteiger partial charge is 0.497 e. The molecule has 0 spiro atoms. The molecule has 2 aromatic carbocycles. The third-order valence-electron chi connectivity index (χ3n) is 3.21. The summed E-state index contributed by atoms with van der Waals surface area (Å²) in [6.07, 6.45) is 0. The van der Waals surface area contributed by atoms with Crippen LogP contribution in [0.4, 0.5) is 0 Å². The molecule has 0 saturated carbocycles. The van der Waals surface area contributed by atoms with Crippen molar-refractivity contribution in [2.45, 2.75) is 13.1 Å². The highest BCUT2D eigenvalue weighted by molar-refractivity contribution is 5.28. The maximum atomic E-state index is 9.23. The van der Waals surface area contributed by atoms with Crippen molar-refractivity contribution >= 4 is 0 Å². The number of benzene rings is 2. The Bertz CT molecular complexity index is 513. The van der Waals surface area contributed by atoms with Crippen LogP contribution in [0, 0.1) is 0 Å². The molecule has 0 amide bonds. The van der Waals surface area contributed by atoms with Crippen molar-refractivity contribution < 1.29 is 9.84 Å². The number of hydrogen-bond donors (Lipinski definition) is 1. The lowest BCUT2D eigenvalue weighted by Gasteiger charge is -2.21. The van der Waals surface area contributed by atoms with Gasteiger partial charge < -0.3 is 9.84 Å². The number of ether oxygens (including phenoxy) is 1. The van der Waals surface area contributed by atoms with Crippen molar-refractivity contribution in [2.75, 3.05) is 20.3 Å². The number of hydrogen-bond acceptors (Lipinski definition) is 3. The van der Waals surface area contributed by atoms with Crippen LogP contribution in [0.25, 0.3) is 0 Å². The zero-order valence-corrected chi connectivity index (χ0v) is 11.8. The van der Waals surface area contributed by atoms with Crippen LogP contribution in [-0.2, 0) is 13.1 Å². The summed E-state index contributed by atoms with van der Waals surface area (Å²) in [7, 11) is 1.68. The van der Waals surface area contributed by atoms with Gasteiger partial charge in [0, 0.05) is 19.6 Å². The molecule has 0 fully saturated rings. The molecule has 0 aromatic heterocycles. The smallest absolute Gasteiger partial charge is 0.119 e. The van der Waals surface area contributed by atoms with Gasteiger partial charge in [0.1, 0.15) is 5.75 Å². The summed E-state index contributed by atoms with van der Waals surface area (Å²) in [4.78, 5) is 2.23. The minimum Gasteiger partial charge on any atom is -0.497 e. The number of aliphatic hydroxyl groups is 1.